The summed E-state index contributed by atoms with van der Waals surface area (Å²) in [6.45, 7) is 7.72. The van der Waals surface area contributed by atoms with Crippen LogP contribution in [0.1, 0.15) is 26.7 Å². The van der Waals surface area contributed by atoms with Gasteiger partial charge in [-0.15, -0.1) is 0 Å². The average Bonchev–Trinajstić information content (AvgIpc) is 2.27. The Bertz CT molecular complexity index is 177. The number of likely N-dealkylation sites (tertiary alicyclic amines) is 1. The third-order valence-electron chi connectivity index (χ3n) is 3.24. The molecule has 0 aromatic carbocycles. The maximum absolute atomic E-state index is 8.66. The van der Waals surface area contributed by atoms with Crippen molar-refractivity contribution in [3.05, 3.63) is 0 Å². The number of ether oxygens (including phenoxy) is 1. The molecular formula is C11H24N2O2. The van der Waals surface area contributed by atoms with Crippen LogP contribution in [-0.2, 0) is 4.74 Å². The van der Waals surface area contributed by atoms with Crippen LogP contribution in [0.25, 0.3) is 0 Å². The molecule has 0 aromatic rings. The van der Waals surface area contributed by atoms with Crippen molar-refractivity contribution in [3.63, 3.8) is 0 Å². The Kier molecular flexibility index (Phi) is 4.99. The maximum atomic E-state index is 8.66. The molecule has 0 unspecified atom stereocenters. The van der Waals surface area contributed by atoms with Crippen LogP contribution in [-0.4, -0.2) is 54.5 Å². The molecule has 15 heavy (non-hydrogen) atoms. The second kappa shape index (κ2) is 5.80. The summed E-state index contributed by atoms with van der Waals surface area (Å²) < 4.78 is 5.52. The average molecular weight is 216 g/mol. The third kappa shape index (κ3) is 3.72. The van der Waals surface area contributed by atoms with Crippen LogP contribution in [0.5, 0.6) is 0 Å². The van der Waals surface area contributed by atoms with Gasteiger partial charge in [0.25, 0.3) is 0 Å². The fraction of sp³-hybridized carbons (Fsp3) is 1.00. The molecule has 0 bridgehead atoms. The molecule has 0 saturated carbocycles. The van der Waals surface area contributed by atoms with Crippen molar-refractivity contribution in [3.8, 4) is 0 Å². The standard InChI is InChI=1S/C11H24N2O2/c1-11(2,9-12)13-5-3-10(4-6-13)15-8-7-14/h10,14H,3-9,12H2,1-2H3. The first-order valence-electron chi connectivity index (χ1n) is 5.77. The van der Waals surface area contributed by atoms with Crippen LogP contribution >= 0.6 is 0 Å². The van der Waals surface area contributed by atoms with Gasteiger partial charge in [-0.3, -0.25) is 4.90 Å². The SMILES string of the molecule is CC(C)(CN)N1CCC(OCCO)CC1. The van der Waals surface area contributed by atoms with Gasteiger partial charge in [0.05, 0.1) is 19.3 Å². The van der Waals surface area contributed by atoms with E-state index in [9.17, 15) is 0 Å². The highest BCUT2D eigenvalue weighted by molar-refractivity contribution is 4.86. The lowest BCUT2D eigenvalue weighted by atomic mass is 9.98. The molecule has 90 valence electrons. The molecule has 3 N–H and O–H groups in total. The molecule has 0 amide bonds. The van der Waals surface area contributed by atoms with Gasteiger partial charge in [0.15, 0.2) is 0 Å². The summed E-state index contributed by atoms with van der Waals surface area (Å²) in [4.78, 5) is 2.42. The van der Waals surface area contributed by atoms with Gasteiger partial charge in [-0.2, -0.15) is 0 Å². The molecule has 0 aromatic heterocycles. The lowest BCUT2D eigenvalue weighted by Crippen LogP contribution is -2.53. The molecule has 0 spiro atoms. The van der Waals surface area contributed by atoms with Gasteiger partial charge in [-0.05, 0) is 26.7 Å². The quantitative estimate of drug-likeness (QED) is 0.689. The van der Waals surface area contributed by atoms with Gasteiger partial charge >= 0.3 is 0 Å². The van der Waals surface area contributed by atoms with Crippen LogP contribution < -0.4 is 5.73 Å². The van der Waals surface area contributed by atoms with E-state index in [1.807, 2.05) is 0 Å². The Morgan fingerprint density at radius 3 is 2.47 bits per heavy atom. The Labute approximate surface area is 92.4 Å². The van der Waals surface area contributed by atoms with Crippen molar-refractivity contribution >= 4 is 0 Å². The van der Waals surface area contributed by atoms with Crippen molar-refractivity contribution in [2.45, 2.75) is 38.3 Å². The molecule has 1 saturated heterocycles. The van der Waals surface area contributed by atoms with E-state index in [4.69, 9.17) is 15.6 Å². The van der Waals surface area contributed by atoms with E-state index < -0.39 is 0 Å². The molecule has 4 nitrogen and oxygen atoms in total. The first-order valence-corrected chi connectivity index (χ1v) is 5.77. The number of hydrogen-bond donors (Lipinski definition) is 2. The second-order valence-electron chi connectivity index (χ2n) is 4.80. The van der Waals surface area contributed by atoms with Gasteiger partial charge in [0.1, 0.15) is 0 Å². The summed E-state index contributed by atoms with van der Waals surface area (Å²) in [6.07, 6.45) is 2.41. The molecule has 4 heteroatoms. The van der Waals surface area contributed by atoms with Gasteiger partial charge in [-0.1, -0.05) is 0 Å². The molecule has 1 heterocycles. The molecule has 0 radical (unpaired) electrons. The molecule has 0 aliphatic carbocycles. The Morgan fingerprint density at radius 1 is 1.40 bits per heavy atom. The van der Waals surface area contributed by atoms with E-state index in [1.165, 1.54) is 0 Å². The number of nitrogens with two attached hydrogens (primary N) is 1. The summed E-state index contributed by atoms with van der Waals surface area (Å²) in [5.74, 6) is 0. The number of rotatable bonds is 5. The minimum Gasteiger partial charge on any atom is -0.394 e. The van der Waals surface area contributed by atoms with Crippen molar-refractivity contribution in [1.29, 1.82) is 0 Å². The molecule has 0 atom stereocenters. The summed E-state index contributed by atoms with van der Waals surface area (Å²) in [6, 6.07) is 0. The Morgan fingerprint density at radius 2 is 2.00 bits per heavy atom. The minimum absolute atomic E-state index is 0.0992. The fourth-order valence-electron chi connectivity index (χ4n) is 1.98. The molecule has 1 aliphatic rings. The highest BCUT2D eigenvalue weighted by Gasteiger charge is 2.29. The predicted octanol–water partition coefficient (Wildman–Crippen LogP) is 0.197. The van der Waals surface area contributed by atoms with Crippen molar-refractivity contribution in [2.75, 3.05) is 32.8 Å². The van der Waals surface area contributed by atoms with Crippen LogP contribution in [0.15, 0.2) is 0 Å². The highest BCUT2D eigenvalue weighted by Crippen LogP contribution is 2.21. The Balaban J connectivity index is 2.29. The van der Waals surface area contributed by atoms with Gasteiger partial charge in [0.2, 0.25) is 0 Å². The van der Waals surface area contributed by atoms with Crippen LogP contribution in [0.3, 0.4) is 0 Å². The topological polar surface area (TPSA) is 58.7 Å². The zero-order valence-corrected chi connectivity index (χ0v) is 9.91. The van der Waals surface area contributed by atoms with E-state index >= 15 is 0 Å². The summed E-state index contributed by atoms with van der Waals surface area (Å²) in [7, 11) is 0. The van der Waals surface area contributed by atoms with Crippen molar-refractivity contribution in [2.24, 2.45) is 5.73 Å². The van der Waals surface area contributed by atoms with E-state index in [2.05, 4.69) is 18.7 Å². The minimum atomic E-state index is 0.0992. The molecule has 1 fully saturated rings. The zero-order valence-electron chi connectivity index (χ0n) is 9.91. The number of aliphatic hydroxyl groups is 1. The van der Waals surface area contributed by atoms with Crippen LogP contribution in [0, 0.1) is 0 Å². The lowest BCUT2D eigenvalue weighted by molar-refractivity contribution is -0.0254. The highest BCUT2D eigenvalue weighted by atomic mass is 16.5. The van der Waals surface area contributed by atoms with E-state index in [0.717, 1.165) is 25.9 Å². The van der Waals surface area contributed by atoms with Crippen molar-refractivity contribution in [1.82, 2.24) is 4.90 Å². The van der Waals surface area contributed by atoms with Gasteiger partial charge in [0, 0.05) is 25.2 Å². The molecular weight excluding hydrogens is 192 g/mol. The van der Waals surface area contributed by atoms with E-state index in [1.54, 1.807) is 0 Å². The summed E-state index contributed by atoms with van der Waals surface area (Å²) in [5, 5.41) is 8.66. The smallest absolute Gasteiger partial charge is 0.0701 e. The second-order valence-corrected chi connectivity index (χ2v) is 4.80. The van der Waals surface area contributed by atoms with E-state index in [-0.39, 0.29) is 12.1 Å². The fourth-order valence-corrected chi connectivity index (χ4v) is 1.98. The molecule has 1 rings (SSSR count). The van der Waals surface area contributed by atoms with Crippen LogP contribution in [0.4, 0.5) is 0 Å². The van der Waals surface area contributed by atoms with Gasteiger partial charge < -0.3 is 15.6 Å². The first kappa shape index (κ1) is 12.9. The van der Waals surface area contributed by atoms with Crippen LogP contribution in [0.2, 0.25) is 0 Å². The molecule has 1 aliphatic heterocycles. The van der Waals surface area contributed by atoms with Crippen molar-refractivity contribution < 1.29 is 9.84 Å². The first-order chi connectivity index (χ1) is 7.10. The number of aliphatic hydroxyl groups excluding tert-OH is 1. The maximum Gasteiger partial charge on any atom is 0.0701 e. The Hall–Kier alpha value is -0.160. The summed E-state index contributed by atoms with van der Waals surface area (Å²) in [5.41, 5.74) is 5.85. The number of piperidine rings is 1. The number of nitrogens with zero attached hydrogens (tertiary/aromatic N) is 1. The normalized spacial score (nSPS) is 20.8. The van der Waals surface area contributed by atoms with E-state index in [0.29, 0.717) is 19.3 Å². The predicted molar refractivity (Wildman–Crippen MR) is 60.8 cm³/mol. The zero-order chi connectivity index (χ0) is 11.3. The third-order valence-corrected chi connectivity index (χ3v) is 3.24. The number of hydrogen-bond acceptors (Lipinski definition) is 4. The lowest BCUT2D eigenvalue weighted by Gasteiger charge is -2.42. The summed E-state index contributed by atoms with van der Waals surface area (Å²) >= 11 is 0. The largest absolute Gasteiger partial charge is 0.394 e. The van der Waals surface area contributed by atoms with Gasteiger partial charge in [-0.25, -0.2) is 0 Å². The monoisotopic (exact) mass is 216 g/mol.